The van der Waals surface area contributed by atoms with Crippen molar-refractivity contribution in [2.75, 3.05) is 19.7 Å². The number of carbonyl (C=O) groups is 1. The summed E-state index contributed by atoms with van der Waals surface area (Å²) in [5.41, 5.74) is 5.43. The molecule has 1 heterocycles. The van der Waals surface area contributed by atoms with Crippen LogP contribution in [0.3, 0.4) is 0 Å². The molecule has 0 saturated heterocycles. The molecule has 2 unspecified atom stereocenters. The summed E-state index contributed by atoms with van der Waals surface area (Å²) in [5, 5.41) is 2.87. The Labute approximate surface area is 113 Å². The lowest BCUT2D eigenvalue weighted by molar-refractivity contribution is -0.125. The van der Waals surface area contributed by atoms with E-state index in [1.807, 2.05) is 31.2 Å². The fraction of sp³-hybridized carbons (Fsp3) is 0.500. The third kappa shape index (κ3) is 3.61. The Hall–Kier alpha value is -1.75. The molecule has 1 aromatic rings. The number of amides is 1. The number of fused-ring (bicyclic) bond motifs is 1. The van der Waals surface area contributed by atoms with Crippen molar-refractivity contribution in [3.8, 4) is 11.5 Å². The van der Waals surface area contributed by atoms with Gasteiger partial charge < -0.3 is 20.5 Å². The molecule has 0 bridgehead atoms. The SMILES string of the molecule is CC(CCN)C(=O)NCC1COc2ccccc2O1. The van der Waals surface area contributed by atoms with E-state index in [9.17, 15) is 4.79 Å². The molecule has 0 fully saturated rings. The van der Waals surface area contributed by atoms with E-state index in [0.717, 1.165) is 11.5 Å². The molecule has 3 N–H and O–H groups in total. The van der Waals surface area contributed by atoms with Crippen LogP contribution in [-0.2, 0) is 4.79 Å². The van der Waals surface area contributed by atoms with Gasteiger partial charge in [-0.2, -0.15) is 0 Å². The third-order valence-electron chi connectivity index (χ3n) is 3.12. The summed E-state index contributed by atoms with van der Waals surface area (Å²) in [5.74, 6) is 1.42. The molecule has 104 valence electrons. The minimum absolute atomic E-state index is 0.00732. The van der Waals surface area contributed by atoms with E-state index in [2.05, 4.69) is 5.32 Å². The summed E-state index contributed by atoms with van der Waals surface area (Å²) in [6.07, 6.45) is 0.542. The molecule has 0 radical (unpaired) electrons. The van der Waals surface area contributed by atoms with Crippen LogP contribution in [0.5, 0.6) is 11.5 Å². The van der Waals surface area contributed by atoms with Crippen molar-refractivity contribution in [2.45, 2.75) is 19.4 Å². The van der Waals surface area contributed by atoms with Crippen LogP contribution in [0.15, 0.2) is 24.3 Å². The van der Waals surface area contributed by atoms with Crippen LogP contribution in [0, 0.1) is 5.92 Å². The second kappa shape index (κ2) is 6.43. The summed E-state index contributed by atoms with van der Waals surface area (Å²) in [4.78, 5) is 11.8. The molecule has 5 nitrogen and oxygen atoms in total. The lowest BCUT2D eigenvalue weighted by Crippen LogP contribution is -2.42. The highest BCUT2D eigenvalue weighted by molar-refractivity contribution is 5.78. The van der Waals surface area contributed by atoms with E-state index in [4.69, 9.17) is 15.2 Å². The second-order valence-electron chi connectivity index (χ2n) is 4.72. The van der Waals surface area contributed by atoms with E-state index in [1.54, 1.807) is 0 Å². The fourth-order valence-corrected chi connectivity index (χ4v) is 1.93. The second-order valence-corrected chi connectivity index (χ2v) is 4.72. The van der Waals surface area contributed by atoms with Crippen LogP contribution in [0.4, 0.5) is 0 Å². The summed E-state index contributed by atoms with van der Waals surface area (Å²) < 4.78 is 11.3. The monoisotopic (exact) mass is 264 g/mol. The topological polar surface area (TPSA) is 73.6 Å². The molecular formula is C14H20N2O3. The number of carbonyl (C=O) groups excluding carboxylic acids is 1. The number of hydrogen-bond acceptors (Lipinski definition) is 4. The predicted octanol–water partition coefficient (Wildman–Crippen LogP) is 0.928. The van der Waals surface area contributed by atoms with Gasteiger partial charge in [0, 0.05) is 5.92 Å². The van der Waals surface area contributed by atoms with Crippen molar-refractivity contribution in [3.63, 3.8) is 0 Å². The Morgan fingerprint density at radius 1 is 1.47 bits per heavy atom. The van der Waals surface area contributed by atoms with Crippen molar-refractivity contribution in [1.82, 2.24) is 5.32 Å². The predicted molar refractivity (Wildman–Crippen MR) is 72.2 cm³/mol. The van der Waals surface area contributed by atoms with Gasteiger partial charge in [0.1, 0.15) is 12.7 Å². The normalized spacial score (nSPS) is 18.7. The minimum atomic E-state index is -0.149. The average molecular weight is 264 g/mol. The highest BCUT2D eigenvalue weighted by Gasteiger charge is 2.21. The van der Waals surface area contributed by atoms with Crippen molar-refractivity contribution >= 4 is 5.91 Å². The Morgan fingerprint density at radius 2 is 2.21 bits per heavy atom. The van der Waals surface area contributed by atoms with Crippen LogP contribution in [-0.4, -0.2) is 31.7 Å². The molecular weight excluding hydrogens is 244 g/mol. The zero-order chi connectivity index (χ0) is 13.7. The average Bonchev–Trinajstić information content (AvgIpc) is 2.44. The molecule has 0 saturated carbocycles. The first-order valence-electron chi connectivity index (χ1n) is 6.57. The summed E-state index contributed by atoms with van der Waals surface area (Å²) >= 11 is 0. The number of para-hydroxylation sites is 2. The van der Waals surface area contributed by atoms with Gasteiger partial charge in [-0.25, -0.2) is 0 Å². The fourth-order valence-electron chi connectivity index (χ4n) is 1.93. The van der Waals surface area contributed by atoms with Crippen molar-refractivity contribution in [3.05, 3.63) is 24.3 Å². The van der Waals surface area contributed by atoms with Gasteiger partial charge in [-0.05, 0) is 25.1 Å². The lowest BCUT2D eigenvalue weighted by atomic mass is 10.1. The van der Waals surface area contributed by atoms with Crippen molar-refractivity contribution in [1.29, 1.82) is 0 Å². The molecule has 19 heavy (non-hydrogen) atoms. The van der Waals surface area contributed by atoms with E-state index in [0.29, 0.717) is 26.1 Å². The number of ether oxygens (including phenoxy) is 2. The number of benzene rings is 1. The first-order valence-corrected chi connectivity index (χ1v) is 6.57. The van der Waals surface area contributed by atoms with Crippen molar-refractivity contribution < 1.29 is 14.3 Å². The van der Waals surface area contributed by atoms with E-state index in [-0.39, 0.29) is 17.9 Å². The summed E-state index contributed by atoms with van der Waals surface area (Å²) in [6, 6.07) is 7.53. The van der Waals surface area contributed by atoms with Crippen LogP contribution in [0.1, 0.15) is 13.3 Å². The highest BCUT2D eigenvalue weighted by atomic mass is 16.6. The van der Waals surface area contributed by atoms with Gasteiger partial charge >= 0.3 is 0 Å². The van der Waals surface area contributed by atoms with Gasteiger partial charge in [0.2, 0.25) is 5.91 Å². The van der Waals surface area contributed by atoms with Crippen LogP contribution < -0.4 is 20.5 Å². The molecule has 5 heteroatoms. The van der Waals surface area contributed by atoms with Gasteiger partial charge in [-0.1, -0.05) is 19.1 Å². The lowest BCUT2D eigenvalue weighted by Gasteiger charge is -2.26. The highest BCUT2D eigenvalue weighted by Crippen LogP contribution is 2.30. The summed E-state index contributed by atoms with van der Waals surface area (Å²) in [7, 11) is 0. The van der Waals surface area contributed by atoms with Crippen molar-refractivity contribution in [2.24, 2.45) is 11.7 Å². The Kier molecular flexibility index (Phi) is 4.63. The number of hydrogen-bond donors (Lipinski definition) is 2. The molecule has 0 aromatic heterocycles. The Bertz CT molecular complexity index is 436. The van der Waals surface area contributed by atoms with Gasteiger partial charge in [-0.15, -0.1) is 0 Å². The molecule has 1 aliphatic rings. The molecule has 1 aromatic carbocycles. The van der Waals surface area contributed by atoms with Crippen LogP contribution in [0.25, 0.3) is 0 Å². The maximum Gasteiger partial charge on any atom is 0.223 e. The number of rotatable bonds is 5. The Morgan fingerprint density at radius 3 is 2.95 bits per heavy atom. The van der Waals surface area contributed by atoms with E-state index < -0.39 is 0 Å². The summed E-state index contributed by atoms with van der Waals surface area (Å²) in [6.45, 7) is 3.28. The maximum atomic E-state index is 11.8. The quantitative estimate of drug-likeness (QED) is 0.829. The Balaban J connectivity index is 1.81. The molecule has 0 spiro atoms. The molecule has 1 amide bonds. The van der Waals surface area contributed by atoms with Gasteiger partial charge in [0.15, 0.2) is 11.5 Å². The minimum Gasteiger partial charge on any atom is -0.486 e. The van der Waals surface area contributed by atoms with Gasteiger partial charge in [-0.3, -0.25) is 4.79 Å². The van der Waals surface area contributed by atoms with Crippen LogP contribution >= 0.6 is 0 Å². The first kappa shape index (κ1) is 13.7. The number of nitrogens with two attached hydrogens (primary N) is 1. The molecule has 1 aliphatic heterocycles. The standard InChI is InChI=1S/C14H20N2O3/c1-10(6-7-15)14(17)16-8-11-9-18-12-4-2-3-5-13(12)19-11/h2-5,10-11H,6-9,15H2,1H3,(H,16,17). The zero-order valence-corrected chi connectivity index (χ0v) is 11.1. The van der Waals surface area contributed by atoms with E-state index in [1.165, 1.54) is 0 Å². The van der Waals surface area contributed by atoms with Crippen LogP contribution in [0.2, 0.25) is 0 Å². The first-order chi connectivity index (χ1) is 9.20. The molecule has 2 atom stereocenters. The van der Waals surface area contributed by atoms with E-state index >= 15 is 0 Å². The largest absolute Gasteiger partial charge is 0.486 e. The molecule has 2 rings (SSSR count). The number of nitrogens with one attached hydrogen (secondary N) is 1. The van der Waals surface area contributed by atoms with Gasteiger partial charge in [0.05, 0.1) is 6.54 Å². The zero-order valence-electron chi connectivity index (χ0n) is 11.1. The smallest absolute Gasteiger partial charge is 0.223 e. The molecule has 0 aliphatic carbocycles. The van der Waals surface area contributed by atoms with Gasteiger partial charge in [0.25, 0.3) is 0 Å². The maximum absolute atomic E-state index is 11.8. The third-order valence-corrected chi connectivity index (χ3v) is 3.12.